The van der Waals surface area contributed by atoms with Gasteiger partial charge in [0.25, 0.3) is 0 Å². The number of rotatable bonds is 7. The van der Waals surface area contributed by atoms with Gasteiger partial charge in [-0.05, 0) is 6.42 Å². The van der Waals surface area contributed by atoms with Crippen LogP contribution >= 0.6 is 0 Å². The van der Waals surface area contributed by atoms with E-state index < -0.39 is 56.0 Å². The smallest absolute Gasteiger partial charge is 0.462 e. The molecule has 0 fully saturated rings. The lowest BCUT2D eigenvalue weighted by Crippen LogP contribution is -2.40. The second kappa shape index (κ2) is 7.81. The molecule has 0 bridgehead atoms. The second-order valence-corrected chi connectivity index (χ2v) is 7.05. The maximum absolute atomic E-state index is 13.4. The Balaban J connectivity index is 2.77. The summed E-state index contributed by atoms with van der Waals surface area (Å²) in [6.07, 6.45) is -0.00839. The Morgan fingerprint density at radius 3 is 1.83 bits per heavy atom. The van der Waals surface area contributed by atoms with E-state index in [1.807, 2.05) is 0 Å². The zero-order chi connectivity index (χ0) is 17.8. The van der Waals surface area contributed by atoms with Gasteiger partial charge < -0.3 is 18.4 Å². The van der Waals surface area contributed by atoms with Crippen LogP contribution in [0.3, 0.4) is 0 Å². The molecule has 0 atom stereocenters. The Kier molecular flexibility index (Phi) is 6.62. The maximum atomic E-state index is 13.4. The highest BCUT2D eigenvalue weighted by atomic mass is 28.4. The van der Waals surface area contributed by atoms with Crippen LogP contribution in [-0.2, 0) is 13.6 Å². The molecule has 0 radical (unpaired) electrons. The molecular formula is C12H13F5O5Si. The molecule has 11 heteroatoms. The fourth-order valence-corrected chi connectivity index (χ4v) is 2.77. The SMILES string of the molecule is CO[Si](O)(CCCOC(=O)c1c(F)c(F)c(F)c(F)c1F)OC. The van der Waals surface area contributed by atoms with Gasteiger partial charge in [0.1, 0.15) is 5.56 Å². The molecule has 0 amide bonds. The predicted molar refractivity (Wildman–Crippen MR) is 67.9 cm³/mol. The van der Waals surface area contributed by atoms with Crippen molar-refractivity contribution in [1.29, 1.82) is 0 Å². The van der Waals surface area contributed by atoms with Crippen LogP contribution in [0.15, 0.2) is 0 Å². The molecule has 1 N–H and O–H groups in total. The molecule has 130 valence electrons. The third kappa shape index (κ3) is 4.25. The summed E-state index contributed by atoms with van der Waals surface area (Å²) in [4.78, 5) is 21.2. The van der Waals surface area contributed by atoms with Crippen LogP contribution in [0.25, 0.3) is 0 Å². The number of hydrogen-bond acceptors (Lipinski definition) is 5. The number of carbonyl (C=O) groups is 1. The minimum Gasteiger partial charge on any atom is -0.462 e. The van der Waals surface area contributed by atoms with Crippen molar-refractivity contribution in [3.8, 4) is 0 Å². The third-order valence-electron chi connectivity index (χ3n) is 2.92. The predicted octanol–water partition coefficient (Wildman–Crippen LogP) is 2.15. The summed E-state index contributed by atoms with van der Waals surface area (Å²) in [6, 6.07) is -0.0373. The van der Waals surface area contributed by atoms with E-state index in [0.29, 0.717) is 0 Å². The fraction of sp³-hybridized carbons (Fsp3) is 0.417. The van der Waals surface area contributed by atoms with Crippen LogP contribution in [0, 0.1) is 29.1 Å². The van der Waals surface area contributed by atoms with Gasteiger partial charge in [0.15, 0.2) is 23.3 Å². The average Bonchev–Trinajstić information content (AvgIpc) is 2.55. The molecule has 1 rings (SSSR count). The summed E-state index contributed by atoms with van der Waals surface area (Å²) in [5.74, 6) is -13.1. The topological polar surface area (TPSA) is 65.0 Å². The van der Waals surface area contributed by atoms with Crippen molar-refractivity contribution in [2.24, 2.45) is 0 Å². The molecule has 0 aliphatic carbocycles. The molecule has 0 spiro atoms. The van der Waals surface area contributed by atoms with Gasteiger partial charge in [-0.25, -0.2) is 26.7 Å². The molecule has 0 aliphatic rings. The fourth-order valence-electron chi connectivity index (χ4n) is 1.60. The van der Waals surface area contributed by atoms with Gasteiger partial charge in [0, 0.05) is 20.3 Å². The molecule has 1 aromatic carbocycles. The van der Waals surface area contributed by atoms with Crippen LogP contribution in [-0.4, -0.2) is 40.4 Å². The van der Waals surface area contributed by atoms with E-state index in [-0.39, 0.29) is 12.5 Å². The Labute approximate surface area is 128 Å². The number of ether oxygens (including phenoxy) is 1. The lowest BCUT2D eigenvalue weighted by molar-refractivity contribution is 0.0481. The van der Waals surface area contributed by atoms with Crippen LogP contribution in [0.2, 0.25) is 6.04 Å². The van der Waals surface area contributed by atoms with E-state index in [1.165, 1.54) is 14.2 Å². The molecular weight excluding hydrogens is 347 g/mol. The zero-order valence-corrected chi connectivity index (χ0v) is 13.1. The first-order chi connectivity index (χ1) is 10.7. The van der Waals surface area contributed by atoms with Gasteiger partial charge in [0.05, 0.1) is 6.61 Å². The van der Waals surface area contributed by atoms with Crippen molar-refractivity contribution >= 4 is 14.8 Å². The van der Waals surface area contributed by atoms with Crippen molar-refractivity contribution in [3.05, 3.63) is 34.6 Å². The lowest BCUT2D eigenvalue weighted by atomic mass is 10.1. The van der Waals surface area contributed by atoms with Crippen LogP contribution < -0.4 is 0 Å². The van der Waals surface area contributed by atoms with Crippen molar-refractivity contribution in [2.45, 2.75) is 12.5 Å². The summed E-state index contributed by atoms with van der Waals surface area (Å²) >= 11 is 0. The minimum atomic E-state index is -3.40. The molecule has 0 saturated heterocycles. The van der Waals surface area contributed by atoms with Gasteiger partial charge in [-0.15, -0.1) is 0 Å². The second-order valence-electron chi connectivity index (χ2n) is 4.31. The lowest BCUT2D eigenvalue weighted by Gasteiger charge is -2.19. The molecule has 0 saturated carbocycles. The highest BCUT2D eigenvalue weighted by Crippen LogP contribution is 2.23. The van der Waals surface area contributed by atoms with E-state index in [0.717, 1.165) is 0 Å². The average molecular weight is 360 g/mol. The first-order valence-electron chi connectivity index (χ1n) is 6.19. The largest absolute Gasteiger partial charge is 0.497 e. The monoisotopic (exact) mass is 360 g/mol. The van der Waals surface area contributed by atoms with E-state index in [1.54, 1.807) is 0 Å². The summed E-state index contributed by atoms with van der Waals surface area (Å²) in [7, 11) is -0.995. The molecule has 0 heterocycles. The van der Waals surface area contributed by atoms with Gasteiger partial charge in [-0.1, -0.05) is 0 Å². The summed E-state index contributed by atoms with van der Waals surface area (Å²) in [5, 5.41) is 0. The van der Waals surface area contributed by atoms with Crippen molar-refractivity contribution in [2.75, 3.05) is 20.8 Å². The molecule has 23 heavy (non-hydrogen) atoms. The molecule has 5 nitrogen and oxygen atoms in total. The minimum absolute atomic E-state index is 0.00839. The summed E-state index contributed by atoms with van der Waals surface area (Å²) in [6.45, 7) is -0.444. The van der Waals surface area contributed by atoms with Crippen LogP contribution in [0.1, 0.15) is 16.8 Å². The first-order valence-corrected chi connectivity index (χ1v) is 8.16. The molecule has 1 aromatic rings. The summed E-state index contributed by atoms with van der Waals surface area (Å²) in [5.41, 5.74) is -1.67. The van der Waals surface area contributed by atoms with E-state index in [9.17, 15) is 31.5 Å². The first kappa shape index (κ1) is 19.5. The normalized spacial score (nSPS) is 11.7. The Bertz CT molecular complexity index is 565. The number of benzene rings is 1. The van der Waals surface area contributed by atoms with Crippen molar-refractivity contribution in [1.82, 2.24) is 0 Å². The maximum Gasteiger partial charge on any atom is 0.497 e. The van der Waals surface area contributed by atoms with Gasteiger partial charge in [0.2, 0.25) is 5.82 Å². The number of esters is 1. The van der Waals surface area contributed by atoms with Crippen molar-refractivity contribution < 1.29 is 45.1 Å². The number of carbonyl (C=O) groups excluding carboxylic acids is 1. The van der Waals surface area contributed by atoms with E-state index in [4.69, 9.17) is 8.85 Å². The van der Waals surface area contributed by atoms with E-state index in [2.05, 4.69) is 4.74 Å². The number of halogens is 5. The van der Waals surface area contributed by atoms with Crippen molar-refractivity contribution in [3.63, 3.8) is 0 Å². The highest BCUT2D eigenvalue weighted by Gasteiger charge is 2.34. The third-order valence-corrected chi connectivity index (χ3v) is 5.18. The van der Waals surface area contributed by atoms with Gasteiger partial charge in [-0.3, -0.25) is 0 Å². The number of hydrogen-bond donors (Lipinski definition) is 1. The molecule has 0 aromatic heterocycles. The quantitative estimate of drug-likeness (QED) is 0.202. The standard InChI is InChI=1S/C12H13F5O5Si/c1-20-23(19,21-2)5-3-4-22-12(18)6-7(13)9(15)11(17)10(16)8(6)14/h19H,3-5H2,1-2H3. The highest BCUT2D eigenvalue weighted by molar-refractivity contribution is 6.59. The van der Waals surface area contributed by atoms with Crippen LogP contribution in [0.5, 0.6) is 0 Å². The Hall–Kier alpha value is -1.56. The Morgan fingerprint density at radius 2 is 1.39 bits per heavy atom. The molecule has 0 aliphatic heterocycles. The summed E-state index contributed by atoms with van der Waals surface area (Å²) < 4.78 is 79.4. The molecule has 0 unspecified atom stereocenters. The zero-order valence-electron chi connectivity index (χ0n) is 12.1. The Morgan fingerprint density at radius 1 is 0.957 bits per heavy atom. The van der Waals surface area contributed by atoms with Gasteiger partial charge in [-0.2, -0.15) is 0 Å². The van der Waals surface area contributed by atoms with Crippen LogP contribution in [0.4, 0.5) is 22.0 Å². The van der Waals surface area contributed by atoms with E-state index >= 15 is 0 Å². The van der Waals surface area contributed by atoms with Gasteiger partial charge >= 0.3 is 14.8 Å².